The maximum atomic E-state index is 12.8. The van der Waals surface area contributed by atoms with Crippen LogP contribution in [-0.4, -0.2) is 66.2 Å². The summed E-state index contributed by atoms with van der Waals surface area (Å²) >= 11 is 6.37. The molecule has 0 amide bonds. The van der Waals surface area contributed by atoms with E-state index in [1.807, 2.05) is 18.2 Å². The summed E-state index contributed by atoms with van der Waals surface area (Å²) in [5, 5.41) is 6.48. The largest absolute Gasteiger partial charge is 0.497 e. The highest BCUT2D eigenvalue weighted by molar-refractivity contribution is 6.32. The molecule has 0 bridgehead atoms. The normalized spacial score (nSPS) is 14.8. The summed E-state index contributed by atoms with van der Waals surface area (Å²) in [4.78, 5) is 18.0. The smallest absolute Gasteiger partial charge is 0.259 e. The minimum atomic E-state index is -0.219. The zero-order valence-corrected chi connectivity index (χ0v) is 18.4. The monoisotopic (exact) mass is 454 g/mol. The molecule has 8 nitrogen and oxygen atoms in total. The average molecular weight is 455 g/mol. The number of rotatable bonds is 6. The number of nitrogens with zero attached hydrogens (tertiary/aromatic N) is 3. The molecule has 166 valence electrons. The first kappa shape index (κ1) is 20.8. The van der Waals surface area contributed by atoms with E-state index >= 15 is 0 Å². The number of nitrogens with one attached hydrogen (secondary N) is 1. The number of aromatic amines is 1. The first-order valence-electron chi connectivity index (χ1n) is 10.4. The van der Waals surface area contributed by atoms with E-state index in [9.17, 15) is 4.79 Å². The molecule has 1 aliphatic heterocycles. The van der Waals surface area contributed by atoms with Gasteiger partial charge in [-0.05, 0) is 24.3 Å². The van der Waals surface area contributed by atoms with Crippen LogP contribution in [0.2, 0.25) is 5.02 Å². The van der Waals surface area contributed by atoms with Gasteiger partial charge in [-0.1, -0.05) is 11.6 Å². The van der Waals surface area contributed by atoms with Crippen LogP contribution in [0.1, 0.15) is 0 Å². The van der Waals surface area contributed by atoms with Gasteiger partial charge in [0.2, 0.25) is 0 Å². The number of ether oxygens (including phenoxy) is 3. The molecule has 9 heteroatoms. The minimum absolute atomic E-state index is 0.219. The van der Waals surface area contributed by atoms with Crippen molar-refractivity contribution in [2.45, 2.75) is 0 Å². The Kier molecular flexibility index (Phi) is 5.73. The highest BCUT2D eigenvalue weighted by atomic mass is 35.5. The Morgan fingerprint density at radius 3 is 2.75 bits per heavy atom. The molecular formula is C23H23ClN4O4. The zero-order chi connectivity index (χ0) is 22.1. The molecule has 32 heavy (non-hydrogen) atoms. The number of fused-ring (bicyclic) bond motifs is 3. The van der Waals surface area contributed by atoms with Gasteiger partial charge in [-0.2, -0.15) is 5.10 Å². The standard InChI is InChI=1S/C23H23ClN4O4/c1-30-15-3-5-19(24)21(13-15)28-14-18-22(26-28)17-4-2-16(12-20(17)25-23(18)29)32-11-8-27-6-9-31-10-7-27/h2-5,12-14H,6-11H2,1H3,(H,25,29). The van der Waals surface area contributed by atoms with Gasteiger partial charge in [-0.25, -0.2) is 4.68 Å². The highest BCUT2D eigenvalue weighted by Crippen LogP contribution is 2.28. The van der Waals surface area contributed by atoms with Crippen molar-refractivity contribution in [1.29, 1.82) is 0 Å². The van der Waals surface area contributed by atoms with Gasteiger partial charge in [0.1, 0.15) is 23.6 Å². The van der Waals surface area contributed by atoms with E-state index in [1.54, 1.807) is 36.2 Å². The Labute approximate surface area is 189 Å². The molecular weight excluding hydrogens is 432 g/mol. The second-order valence-corrected chi connectivity index (χ2v) is 8.02. The van der Waals surface area contributed by atoms with Crippen LogP contribution in [0.3, 0.4) is 0 Å². The van der Waals surface area contributed by atoms with Crippen LogP contribution in [0.5, 0.6) is 11.5 Å². The summed E-state index contributed by atoms with van der Waals surface area (Å²) in [5.41, 5.74) is 1.69. The van der Waals surface area contributed by atoms with Crippen LogP contribution in [0.25, 0.3) is 27.5 Å². The first-order chi connectivity index (χ1) is 15.6. The minimum Gasteiger partial charge on any atom is -0.497 e. The van der Waals surface area contributed by atoms with Crippen molar-refractivity contribution in [3.8, 4) is 17.2 Å². The quantitative estimate of drug-likeness (QED) is 0.481. The molecule has 1 saturated heterocycles. The molecule has 3 heterocycles. The van der Waals surface area contributed by atoms with Gasteiger partial charge in [0.05, 0.1) is 41.9 Å². The summed E-state index contributed by atoms with van der Waals surface area (Å²) in [5.74, 6) is 1.36. The number of hydrogen-bond acceptors (Lipinski definition) is 6. The van der Waals surface area contributed by atoms with Crippen LogP contribution in [-0.2, 0) is 4.74 Å². The van der Waals surface area contributed by atoms with Gasteiger partial charge in [0.25, 0.3) is 5.56 Å². The van der Waals surface area contributed by atoms with Gasteiger partial charge in [-0.15, -0.1) is 0 Å². The predicted octanol–water partition coefficient (Wildman–Crippen LogP) is 3.24. The molecule has 0 spiro atoms. The molecule has 1 N–H and O–H groups in total. The Balaban J connectivity index is 1.45. The lowest BCUT2D eigenvalue weighted by Gasteiger charge is -2.26. The molecule has 0 saturated carbocycles. The van der Waals surface area contributed by atoms with Crippen LogP contribution in [0.4, 0.5) is 0 Å². The van der Waals surface area contributed by atoms with Crippen molar-refractivity contribution in [1.82, 2.24) is 19.7 Å². The van der Waals surface area contributed by atoms with Crippen LogP contribution in [0.15, 0.2) is 47.4 Å². The Morgan fingerprint density at radius 1 is 1.12 bits per heavy atom. The van der Waals surface area contributed by atoms with E-state index in [4.69, 9.17) is 25.8 Å². The fourth-order valence-corrected chi connectivity index (χ4v) is 4.09. The maximum Gasteiger partial charge on any atom is 0.259 e. The second-order valence-electron chi connectivity index (χ2n) is 7.62. The van der Waals surface area contributed by atoms with Gasteiger partial charge in [0, 0.05) is 43.4 Å². The molecule has 4 aromatic rings. The van der Waals surface area contributed by atoms with Crippen molar-refractivity contribution in [3.63, 3.8) is 0 Å². The summed E-state index contributed by atoms with van der Waals surface area (Å²) in [7, 11) is 1.59. The summed E-state index contributed by atoms with van der Waals surface area (Å²) in [6.45, 7) is 4.78. The first-order valence-corrected chi connectivity index (χ1v) is 10.8. The topological polar surface area (TPSA) is 81.6 Å². The molecule has 0 radical (unpaired) electrons. The molecule has 0 atom stereocenters. The highest BCUT2D eigenvalue weighted by Gasteiger charge is 2.14. The maximum absolute atomic E-state index is 12.8. The fraction of sp³-hybridized carbons (Fsp3) is 0.304. The third-order valence-electron chi connectivity index (χ3n) is 5.63. The van der Waals surface area contributed by atoms with E-state index in [0.29, 0.717) is 45.2 Å². The zero-order valence-electron chi connectivity index (χ0n) is 17.6. The van der Waals surface area contributed by atoms with Crippen LogP contribution < -0.4 is 15.0 Å². The molecule has 5 rings (SSSR count). The van der Waals surface area contributed by atoms with E-state index in [1.165, 1.54) is 0 Å². The number of H-pyrrole nitrogens is 1. The Hall–Kier alpha value is -3.07. The van der Waals surface area contributed by atoms with E-state index < -0.39 is 0 Å². The molecule has 2 aromatic carbocycles. The lowest BCUT2D eigenvalue weighted by Crippen LogP contribution is -2.38. The summed E-state index contributed by atoms with van der Waals surface area (Å²) in [6, 6.07) is 11.0. The van der Waals surface area contributed by atoms with Crippen molar-refractivity contribution in [2.24, 2.45) is 0 Å². The fourth-order valence-electron chi connectivity index (χ4n) is 3.89. The Morgan fingerprint density at radius 2 is 1.94 bits per heavy atom. The van der Waals surface area contributed by atoms with E-state index in [-0.39, 0.29) is 5.56 Å². The van der Waals surface area contributed by atoms with E-state index in [2.05, 4.69) is 15.0 Å². The SMILES string of the molecule is COc1ccc(Cl)c(-n2cc3c(=O)[nH]c4cc(OCCN5CCOCC5)ccc4c3n2)c1. The molecule has 2 aromatic heterocycles. The number of hydrogen-bond donors (Lipinski definition) is 1. The van der Waals surface area contributed by atoms with Gasteiger partial charge >= 0.3 is 0 Å². The number of benzene rings is 2. The summed E-state index contributed by atoms with van der Waals surface area (Å²) < 4.78 is 18.2. The van der Waals surface area contributed by atoms with Crippen molar-refractivity contribution < 1.29 is 14.2 Å². The van der Waals surface area contributed by atoms with Crippen LogP contribution in [0, 0.1) is 0 Å². The predicted molar refractivity (Wildman–Crippen MR) is 124 cm³/mol. The van der Waals surface area contributed by atoms with Crippen molar-refractivity contribution in [3.05, 3.63) is 58.0 Å². The number of pyridine rings is 1. The number of aromatic nitrogens is 3. The lowest BCUT2D eigenvalue weighted by molar-refractivity contribution is 0.0322. The number of halogens is 1. The molecule has 0 unspecified atom stereocenters. The van der Waals surface area contributed by atoms with E-state index in [0.717, 1.165) is 38.2 Å². The Bertz CT molecular complexity index is 1330. The third-order valence-corrected chi connectivity index (χ3v) is 5.95. The molecule has 0 aliphatic carbocycles. The second kappa shape index (κ2) is 8.82. The number of morpholine rings is 1. The molecule has 1 aliphatic rings. The van der Waals surface area contributed by atoms with Crippen LogP contribution >= 0.6 is 11.6 Å². The third kappa shape index (κ3) is 4.04. The average Bonchev–Trinajstić information content (AvgIpc) is 3.26. The van der Waals surface area contributed by atoms with Crippen molar-refractivity contribution in [2.75, 3.05) is 46.6 Å². The van der Waals surface area contributed by atoms with Gasteiger partial charge in [-0.3, -0.25) is 9.69 Å². The molecule has 1 fully saturated rings. The van der Waals surface area contributed by atoms with Gasteiger partial charge in [0.15, 0.2) is 0 Å². The summed E-state index contributed by atoms with van der Waals surface area (Å²) in [6.07, 6.45) is 1.68. The lowest BCUT2D eigenvalue weighted by atomic mass is 10.1. The van der Waals surface area contributed by atoms with Crippen molar-refractivity contribution >= 4 is 33.4 Å². The number of methoxy groups -OCH3 is 1. The van der Waals surface area contributed by atoms with Gasteiger partial charge < -0.3 is 19.2 Å².